The number of rotatable bonds is 4. The fraction of sp³-hybridized carbons (Fsp3) is 0.143. The number of pyridine rings is 1. The third-order valence-electron chi connectivity index (χ3n) is 3.17. The Morgan fingerprint density at radius 3 is 2.87 bits per heavy atom. The van der Waals surface area contributed by atoms with Gasteiger partial charge in [0.05, 0.1) is 22.6 Å². The molecule has 9 heteroatoms. The van der Waals surface area contributed by atoms with Crippen molar-refractivity contribution in [2.75, 3.05) is 6.61 Å². The zero-order valence-electron chi connectivity index (χ0n) is 12.0. The van der Waals surface area contributed by atoms with Gasteiger partial charge in [-0.3, -0.25) is 15.1 Å². The molecular weight excluding hydrogens is 302 g/mol. The second kappa shape index (κ2) is 5.79. The first kappa shape index (κ1) is 14.6. The molecule has 0 radical (unpaired) electrons. The monoisotopic (exact) mass is 313 g/mol. The van der Waals surface area contributed by atoms with Gasteiger partial charge in [0, 0.05) is 12.4 Å². The van der Waals surface area contributed by atoms with Crippen LogP contribution in [0.2, 0.25) is 0 Å². The summed E-state index contributed by atoms with van der Waals surface area (Å²) in [6, 6.07) is 3.03. The van der Waals surface area contributed by atoms with Gasteiger partial charge in [-0.25, -0.2) is 14.3 Å². The Morgan fingerprint density at radius 1 is 1.35 bits per heavy atom. The Kier molecular flexibility index (Phi) is 3.67. The summed E-state index contributed by atoms with van der Waals surface area (Å²) < 4.78 is 6.44. The summed E-state index contributed by atoms with van der Waals surface area (Å²) in [5, 5.41) is 15.5. The van der Waals surface area contributed by atoms with Crippen LogP contribution in [0.25, 0.3) is 16.8 Å². The fourth-order valence-corrected chi connectivity index (χ4v) is 2.24. The first-order valence-electron chi connectivity index (χ1n) is 6.71. The number of carbonyl (C=O) groups excluding carboxylic acids is 1. The lowest BCUT2D eigenvalue weighted by Crippen LogP contribution is -2.06. The summed E-state index contributed by atoms with van der Waals surface area (Å²) in [6.45, 7) is 1.86. The van der Waals surface area contributed by atoms with Crippen molar-refractivity contribution in [1.29, 1.82) is 0 Å². The Balaban J connectivity index is 2.32. The molecule has 116 valence electrons. The molecule has 0 spiro atoms. The quantitative estimate of drug-likeness (QED) is 0.410. The molecule has 9 nitrogen and oxygen atoms in total. The van der Waals surface area contributed by atoms with Gasteiger partial charge >= 0.3 is 5.97 Å². The third-order valence-corrected chi connectivity index (χ3v) is 3.17. The lowest BCUT2D eigenvalue weighted by Gasteiger charge is -2.03. The molecule has 0 aromatic carbocycles. The lowest BCUT2D eigenvalue weighted by atomic mass is 10.1. The van der Waals surface area contributed by atoms with E-state index < -0.39 is 10.9 Å². The minimum Gasteiger partial charge on any atom is -0.462 e. The second-order valence-electron chi connectivity index (χ2n) is 4.50. The van der Waals surface area contributed by atoms with Crippen LogP contribution in [-0.4, -0.2) is 37.1 Å². The van der Waals surface area contributed by atoms with Crippen molar-refractivity contribution in [3.8, 4) is 11.3 Å². The minimum atomic E-state index is -0.602. The van der Waals surface area contributed by atoms with E-state index >= 15 is 0 Å². The van der Waals surface area contributed by atoms with E-state index in [1.165, 1.54) is 29.3 Å². The van der Waals surface area contributed by atoms with Gasteiger partial charge in [0.15, 0.2) is 0 Å². The number of ether oxygens (including phenoxy) is 1. The predicted octanol–water partition coefficient (Wildman–Crippen LogP) is 1.88. The summed E-state index contributed by atoms with van der Waals surface area (Å²) in [5.41, 5.74) is 0.722. The largest absolute Gasteiger partial charge is 0.462 e. The Bertz CT molecular complexity index is 905. The van der Waals surface area contributed by atoms with Crippen molar-refractivity contribution < 1.29 is 14.5 Å². The van der Waals surface area contributed by atoms with E-state index in [1.807, 2.05) is 0 Å². The number of aromatic nitrogens is 4. The van der Waals surface area contributed by atoms with Gasteiger partial charge < -0.3 is 4.74 Å². The van der Waals surface area contributed by atoms with Gasteiger partial charge in [-0.15, -0.1) is 0 Å². The summed E-state index contributed by atoms with van der Waals surface area (Å²) in [5.74, 6) is -0.602. The van der Waals surface area contributed by atoms with Crippen molar-refractivity contribution in [1.82, 2.24) is 19.6 Å². The maximum absolute atomic E-state index is 12.3. The average molecular weight is 313 g/mol. The van der Waals surface area contributed by atoms with Crippen molar-refractivity contribution in [2.45, 2.75) is 6.92 Å². The van der Waals surface area contributed by atoms with Crippen LogP contribution in [0.15, 0.2) is 37.1 Å². The standard InChI is InChI=1S/C14H11N5O4/c1-2-23-14(20)12-10-4-6-16-8-18(10)17-13(12)9-3-5-15-7-11(9)19(21)22/h3-8H,2H2,1H3. The number of esters is 1. The van der Waals surface area contributed by atoms with Crippen LogP contribution in [-0.2, 0) is 4.74 Å². The number of hydrogen-bond acceptors (Lipinski definition) is 7. The molecule has 0 aliphatic carbocycles. The minimum absolute atomic E-state index is 0.156. The van der Waals surface area contributed by atoms with Gasteiger partial charge in [0.25, 0.3) is 5.69 Å². The molecule has 0 N–H and O–H groups in total. The molecule has 0 amide bonds. The molecular formula is C14H11N5O4. The van der Waals surface area contributed by atoms with Crippen LogP contribution in [0, 0.1) is 10.1 Å². The number of carbonyl (C=O) groups is 1. The highest BCUT2D eigenvalue weighted by Crippen LogP contribution is 2.32. The van der Waals surface area contributed by atoms with E-state index in [9.17, 15) is 14.9 Å². The highest BCUT2D eigenvalue weighted by atomic mass is 16.6. The van der Waals surface area contributed by atoms with Crippen molar-refractivity contribution in [2.24, 2.45) is 0 Å². The molecule has 3 heterocycles. The van der Waals surface area contributed by atoms with Crippen molar-refractivity contribution in [3.05, 3.63) is 52.7 Å². The number of fused-ring (bicyclic) bond motifs is 1. The van der Waals surface area contributed by atoms with Crippen LogP contribution in [0.4, 0.5) is 5.69 Å². The SMILES string of the molecule is CCOC(=O)c1c(-c2ccncc2[N+](=O)[O-])nn2cnccc12. The zero-order chi connectivity index (χ0) is 16.4. The van der Waals surface area contributed by atoms with Gasteiger partial charge in [0.2, 0.25) is 0 Å². The molecule has 0 aliphatic rings. The highest BCUT2D eigenvalue weighted by molar-refractivity contribution is 6.04. The normalized spacial score (nSPS) is 10.7. The predicted molar refractivity (Wildman–Crippen MR) is 78.8 cm³/mol. The molecule has 0 fully saturated rings. The molecule has 0 aliphatic heterocycles. The molecule has 3 aromatic heterocycles. The van der Waals surface area contributed by atoms with E-state index in [0.29, 0.717) is 5.52 Å². The van der Waals surface area contributed by atoms with E-state index in [2.05, 4.69) is 15.1 Å². The first-order valence-corrected chi connectivity index (χ1v) is 6.71. The maximum Gasteiger partial charge on any atom is 0.342 e. The van der Waals surface area contributed by atoms with E-state index in [-0.39, 0.29) is 29.1 Å². The molecule has 0 bridgehead atoms. The van der Waals surface area contributed by atoms with E-state index in [1.54, 1.807) is 13.0 Å². The van der Waals surface area contributed by atoms with Crippen molar-refractivity contribution >= 4 is 17.2 Å². The first-order chi connectivity index (χ1) is 11.1. The fourth-order valence-electron chi connectivity index (χ4n) is 2.24. The molecule has 3 rings (SSSR count). The maximum atomic E-state index is 12.3. The molecule has 3 aromatic rings. The molecule has 0 unspecified atom stereocenters. The Labute approximate surface area is 129 Å². The van der Waals surface area contributed by atoms with Crippen LogP contribution in [0.3, 0.4) is 0 Å². The van der Waals surface area contributed by atoms with E-state index in [4.69, 9.17) is 4.74 Å². The van der Waals surface area contributed by atoms with Gasteiger partial charge in [-0.2, -0.15) is 5.10 Å². The Hall–Kier alpha value is -3.36. The van der Waals surface area contributed by atoms with E-state index in [0.717, 1.165) is 6.20 Å². The van der Waals surface area contributed by atoms with Gasteiger partial charge in [-0.05, 0) is 19.1 Å². The molecule has 0 saturated carbocycles. The molecule has 0 atom stereocenters. The number of nitro groups is 1. The van der Waals surface area contributed by atoms with Crippen LogP contribution in [0.1, 0.15) is 17.3 Å². The molecule has 23 heavy (non-hydrogen) atoms. The smallest absolute Gasteiger partial charge is 0.342 e. The molecule has 0 saturated heterocycles. The summed E-state index contributed by atoms with van der Waals surface area (Å²) in [4.78, 5) is 30.6. The van der Waals surface area contributed by atoms with Crippen LogP contribution >= 0.6 is 0 Å². The third kappa shape index (κ3) is 2.48. The second-order valence-corrected chi connectivity index (χ2v) is 4.50. The summed E-state index contributed by atoms with van der Waals surface area (Å²) in [6.07, 6.45) is 5.44. The number of nitrogens with zero attached hydrogens (tertiary/aromatic N) is 5. The zero-order valence-corrected chi connectivity index (χ0v) is 12.0. The van der Waals surface area contributed by atoms with Gasteiger partial charge in [-0.1, -0.05) is 0 Å². The highest BCUT2D eigenvalue weighted by Gasteiger charge is 2.27. The van der Waals surface area contributed by atoms with Crippen LogP contribution < -0.4 is 0 Å². The average Bonchev–Trinajstić information content (AvgIpc) is 2.94. The number of hydrogen-bond donors (Lipinski definition) is 0. The van der Waals surface area contributed by atoms with Crippen molar-refractivity contribution in [3.63, 3.8) is 0 Å². The lowest BCUT2D eigenvalue weighted by molar-refractivity contribution is -0.384. The Morgan fingerprint density at radius 2 is 2.13 bits per heavy atom. The topological polar surface area (TPSA) is 113 Å². The summed E-state index contributed by atoms with van der Waals surface area (Å²) >= 11 is 0. The van der Waals surface area contributed by atoms with Crippen LogP contribution in [0.5, 0.6) is 0 Å². The summed E-state index contributed by atoms with van der Waals surface area (Å²) in [7, 11) is 0. The van der Waals surface area contributed by atoms with Gasteiger partial charge in [0.1, 0.15) is 23.8 Å².